The van der Waals surface area contributed by atoms with Crippen LogP contribution in [0.4, 0.5) is 19.4 Å². The van der Waals surface area contributed by atoms with Gasteiger partial charge in [0.15, 0.2) is 17.5 Å². The molecule has 5 rings (SSSR count). The number of nitrogens with zero attached hydrogens (tertiary/aromatic N) is 4. The highest BCUT2D eigenvalue weighted by molar-refractivity contribution is 6.04. The predicted octanol–water partition coefficient (Wildman–Crippen LogP) is 3.11. The van der Waals surface area contributed by atoms with Crippen molar-refractivity contribution < 1.29 is 18.4 Å². The number of H-pyrrole nitrogens is 1. The molecule has 10 heteroatoms. The summed E-state index contributed by atoms with van der Waals surface area (Å²) in [6.45, 7) is 6.97. The number of carbonyl (C=O) groups excluding carboxylic acids is 2. The Bertz CT molecular complexity index is 1070. The molecule has 3 aliphatic rings. The fourth-order valence-electron chi connectivity index (χ4n) is 5.16. The second kappa shape index (κ2) is 7.84. The van der Waals surface area contributed by atoms with Gasteiger partial charge in [-0.25, -0.2) is 13.6 Å². The molecule has 170 valence electrons. The van der Waals surface area contributed by atoms with Gasteiger partial charge in [-0.1, -0.05) is 6.07 Å². The SMILES string of the molecule is CC1CN2CCC[C@H]2CN1C(=O)N1Cc2c(NC(=O)c3cccc(F)c3F)n[nH]c2C1C. The van der Waals surface area contributed by atoms with E-state index in [2.05, 4.69) is 27.3 Å². The number of hydrogen-bond acceptors (Lipinski definition) is 4. The number of piperazine rings is 1. The third-order valence-corrected chi connectivity index (χ3v) is 6.97. The molecule has 0 spiro atoms. The van der Waals surface area contributed by atoms with Gasteiger partial charge in [0.1, 0.15) is 0 Å². The predicted molar refractivity (Wildman–Crippen MR) is 113 cm³/mol. The largest absolute Gasteiger partial charge is 0.321 e. The fourth-order valence-corrected chi connectivity index (χ4v) is 5.16. The molecule has 8 nitrogen and oxygen atoms in total. The Morgan fingerprint density at radius 3 is 2.81 bits per heavy atom. The van der Waals surface area contributed by atoms with Crippen LogP contribution >= 0.6 is 0 Å². The quantitative estimate of drug-likeness (QED) is 0.746. The monoisotopic (exact) mass is 444 g/mol. The van der Waals surface area contributed by atoms with Crippen molar-refractivity contribution in [3.05, 3.63) is 46.7 Å². The van der Waals surface area contributed by atoms with E-state index in [1.165, 1.54) is 18.6 Å². The van der Waals surface area contributed by atoms with Gasteiger partial charge in [0.2, 0.25) is 0 Å². The topological polar surface area (TPSA) is 84.6 Å². The first-order chi connectivity index (χ1) is 15.3. The van der Waals surface area contributed by atoms with Crippen LogP contribution in [0.25, 0.3) is 0 Å². The molecule has 1 aromatic carbocycles. The number of rotatable bonds is 2. The van der Waals surface area contributed by atoms with Crippen molar-refractivity contribution in [3.63, 3.8) is 0 Å². The van der Waals surface area contributed by atoms with Gasteiger partial charge in [0.05, 0.1) is 23.8 Å². The Balaban J connectivity index is 1.32. The highest BCUT2D eigenvalue weighted by atomic mass is 19.2. The van der Waals surface area contributed by atoms with Crippen LogP contribution in [-0.4, -0.2) is 68.6 Å². The lowest BCUT2D eigenvalue weighted by Crippen LogP contribution is -2.59. The second-order valence-electron chi connectivity index (χ2n) is 8.90. The van der Waals surface area contributed by atoms with Crippen LogP contribution in [0.1, 0.15) is 54.3 Å². The van der Waals surface area contributed by atoms with Crippen molar-refractivity contribution >= 4 is 17.8 Å². The van der Waals surface area contributed by atoms with Gasteiger partial charge >= 0.3 is 6.03 Å². The summed E-state index contributed by atoms with van der Waals surface area (Å²) in [4.78, 5) is 32.1. The van der Waals surface area contributed by atoms with Gasteiger partial charge < -0.3 is 15.1 Å². The summed E-state index contributed by atoms with van der Waals surface area (Å²) in [7, 11) is 0. The van der Waals surface area contributed by atoms with Gasteiger partial charge in [-0.3, -0.25) is 14.8 Å². The molecular weight excluding hydrogens is 418 g/mol. The number of benzene rings is 1. The lowest BCUT2D eigenvalue weighted by atomic mass is 10.1. The maximum Gasteiger partial charge on any atom is 0.321 e. The molecular formula is C22H26F2N6O2. The van der Waals surface area contributed by atoms with Crippen LogP contribution in [0.5, 0.6) is 0 Å². The molecule has 0 radical (unpaired) electrons. The molecule has 2 unspecified atom stereocenters. The van der Waals surface area contributed by atoms with E-state index < -0.39 is 23.1 Å². The van der Waals surface area contributed by atoms with Crippen LogP contribution in [0.15, 0.2) is 18.2 Å². The summed E-state index contributed by atoms with van der Waals surface area (Å²) < 4.78 is 27.5. The molecule has 32 heavy (non-hydrogen) atoms. The summed E-state index contributed by atoms with van der Waals surface area (Å²) in [5.41, 5.74) is 1.02. The number of anilines is 1. The molecule has 3 atom stereocenters. The van der Waals surface area contributed by atoms with Crippen molar-refractivity contribution in [2.75, 3.05) is 25.0 Å². The highest BCUT2D eigenvalue weighted by Crippen LogP contribution is 2.37. The maximum absolute atomic E-state index is 14.0. The van der Waals surface area contributed by atoms with Crippen LogP contribution in [0.3, 0.4) is 0 Å². The van der Waals surface area contributed by atoms with E-state index in [0.717, 1.165) is 37.8 Å². The summed E-state index contributed by atoms with van der Waals surface area (Å²) in [6, 6.07) is 3.71. The lowest BCUT2D eigenvalue weighted by Gasteiger charge is -2.44. The third kappa shape index (κ3) is 3.33. The van der Waals surface area contributed by atoms with E-state index >= 15 is 0 Å². The van der Waals surface area contributed by atoms with E-state index in [1.54, 1.807) is 4.90 Å². The van der Waals surface area contributed by atoms with E-state index in [0.29, 0.717) is 11.6 Å². The van der Waals surface area contributed by atoms with Crippen molar-refractivity contribution in [3.8, 4) is 0 Å². The number of aromatic nitrogens is 2. The van der Waals surface area contributed by atoms with Crippen LogP contribution in [0.2, 0.25) is 0 Å². The van der Waals surface area contributed by atoms with Crippen LogP contribution in [0, 0.1) is 11.6 Å². The molecule has 2 fully saturated rings. The number of carbonyl (C=O) groups is 2. The lowest BCUT2D eigenvalue weighted by molar-refractivity contribution is 0.0580. The van der Waals surface area contributed by atoms with Crippen molar-refractivity contribution in [1.82, 2.24) is 24.9 Å². The number of urea groups is 1. The Morgan fingerprint density at radius 2 is 2.00 bits per heavy atom. The molecule has 2 saturated heterocycles. The zero-order chi connectivity index (χ0) is 22.6. The first-order valence-corrected chi connectivity index (χ1v) is 11.0. The summed E-state index contributed by atoms with van der Waals surface area (Å²) in [5, 5.41) is 9.60. The van der Waals surface area contributed by atoms with Crippen LogP contribution in [-0.2, 0) is 6.54 Å². The molecule has 1 aromatic heterocycles. The maximum atomic E-state index is 14.0. The van der Waals surface area contributed by atoms with Gasteiger partial charge in [0.25, 0.3) is 5.91 Å². The zero-order valence-corrected chi connectivity index (χ0v) is 18.1. The van der Waals surface area contributed by atoms with Gasteiger partial charge in [-0.15, -0.1) is 0 Å². The van der Waals surface area contributed by atoms with Crippen molar-refractivity contribution in [2.45, 2.75) is 51.4 Å². The van der Waals surface area contributed by atoms with Crippen molar-refractivity contribution in [2.24, 2.45) is 0 Å². The minimum atomic E-state index is -1.21. The van der Waals surface area contributed by atoms with Gasteiger partial charge in [-0.2, -0.15) is 5.10 Å². The Labute approximate surface area is 184 Å². The Kier molecular flexibility index (Phi) is 5.11. The fraction of sp³-hybridized carbons (Fsp3) is 0.500. The second-order valence-corrected chi connectivity index (χ2v) is 8.90. The molecule has 2 aromatic rings. The van der Waals surface area contributed by atoms with E-state index in [1.807, 2.05) is 11.8 Å². The number of aromatic amines is 1. The molecule has 3 amide bonds. The number of fused-ring (bicyclic) bond motifs is 2. The molecule has 0 aliphatic carbocycles. The molecule has 3 aliphatic heterocycles. The molecule has 4 heterocycles. The number of hydrogen-bond donors (Lipinski definition) is 2. The Hall–Kier alpha value is -3.01. The zero-order valence-electron chi connectivity index (χ0n) is 18.1. The van der Waals surface area contributed by atoms with E-state index in [4.69, 9.17) is 0 Å². The van der Waals surface area contributed by atoms with Crippen molar-refractivity contribution in [1.29, 1.82) is 0 Å². The third-order valence-electron chi connectivity index (χ3n) is 6.97. The van der Waals surface area contributed by atoms with E-state index in [9.17, 15) is 18.4 Å². The summed E-state index contributed by atoms with van der Waals surface area (Å²) in [6.07, 6.45) is 2.28. The van der Waals surface area contributed by atoms with Gasteiger partial charge in [0, 0.05) is 30.7 Å². The molecule has 2 N–H and O–H groups in total. The number of halogens is 2. The smallest absolute Gasteiger partial charge is 0.319 e. The molecule has 0 saturated carbocycles. The number of amides is 3. The summed E-state index contributed by atoms with van der Waals surface area (Å²) >= 11 is 0. The van der Waals surface area contributed by atoms with Gasteiger partial charge in [-0.05, 0) is 45.4 Å². The summed E-state index contributed by atoms with van der Waals surface area (Å²) in [5.74, 6) is -2.86. The minimum Gasteiger partial charge on any atom is -0.319 e. The Morgan fingerprint density at radius 1 is 1.19 bits per heavy atom. The first kappa shape index (κ1) is 20.9. The highest BCUT2D eigenvalue weighted by Gasteiger charge is 2.42. The minimum absolute atomic E-state index is 0.0328. The standard InChI is InChI=1S/C22H26F2N6O2/c1-12-9-28-8-4-5-14(28)10-29(12)22(32)30-11-16-19(13(30)2)26-27-20(16)25-21(31)15-6-3-7-17(23)18(15)24/h3,6-7,12-14H,4-5,8-11H2,1-2H3,(H2,25,26,27,31)/t12?,13?,14-/m0/s1. The normalized spacial score (nSPS) is 25.1. The van der Waals surface area contributed by atoms with Crippen LogP contribution < -0.4 is 5.32 Å². The van der Waals surface area contributed by atoms with E-state index in [-0.39, 0.29) is 30.5 Å². The molecule has 0 bridgehead atoms. The first-order valence-electron chi connectivity index (χ1n) is 11.0. The average molecular weight is 444 g/mol. The average Bonchev–Trinajstić information content (AvgIpc) is 3.46. The number of nitrogens with one attached hydrogen (secondary N) is 2.